The Kier molecular flexibility index (Phi) is 6.37. The lowest BCUT2D eigenvalue weighted by Crippen LogP contribution is -2.40. The average molecular weight is 288 g/mol. The van der Waals surface area contributed by atoms with E-state index in [1.807, 2.05) is 13.0 Å². The minimum atomic E-state index is -0.187. The SMILES string of the molecule is CCN(CC(=O)Nc1ccc(C#N)cc1)CC(=O)N(C)C. The van der Waals surface area contributed by atoms with E-state index in [4.69, 9.17) is 5.26 Å². The molecule has 1 rings (SSSR count). The van der Waals surface area contributed by atoms with E-state index in [0.29, 0.717) is 17.8 Å². The van der Waals surface area contributed by atoms with Gasteiger partial charge in [-0.05, 0) is 30.8 Å². The summed E-state index contributed by atoms with van der Waals surface area (Å²) in [4.78, 5) is 26.9. The second-order valence-electron chi connectivity index (χ2n) is 4.83. The molecule has 21 heavy (non-hydrogen) atoms. The molecule has 1 aromatic carbocycles. The van der Waals surface area contributed by atoms with Gasteiger partial charge in [-0.25, -0.2) is 0 Å². The van der Waals surface area contributed by atoms with Gasteiger partial charge < -0.3 is 10.2 Å². The number of nitriles is 1. The van der Waals surface area contributed by atoms with Crippen molar-refractivity contribution in [2.75, 3.05) is 39.0 Å². The van der Waals surface area contributed by atoms with Crippen LogP contribution in [-0.2, 0) is 9.59 Å². The third-order valence-corrected chi connectivity index (χ3v) is 2.97. The van der Waals surface area contributed by atoms with Crippen LogP contribution in [-0.4, -0.2) is 55.3 Å². The molecule has 6 nitrogen and oxygen atoms in total. The molecule has 1 aromatic rings. The zero-order chi connectivity index (χ0) is 15.8. The highest BCUT2D eigenvalue weighted by molar-refractivity contribution is 5.92. The Morgan fingerprint density at radius 2 is 1.81 bits per heavy atom. The molecule has 0 aliphatic rings. The van der Waals surface area contributed by atoms with E-state index in [0.717, 1.165) is 0 Å². The van der Waals surface area contributed by atoms with Crippen molar-refractivity contribution >= 4 is 17.5 Å². The van der Waals surface area contributed by atoms with Crippen LogP contribution in [0, 0.1) is 11.3 Å². The fourth-order valence-corrected chi connectivity index (χ4v) is 1.64. The molecule has 112 valence electrons. The van der Waals surface area contributed by atoms with Crippen molar-refractivity contribution < 1.29 is 9.59 Å². The van der Waals surface area contributed by atoms with Crippen LogP contribution in [0.4, 0.5) is 5.69 Å². The second-order valence-corrected chi connectivity index (χ2v) is 4.83. The summed E-state index contributed by atoms with van der Waals surface area (Å²) in [5.41, 5.74) is 1.17. The van der Waals surface area contributed by atoms with Crippen LogP contribution in [0.1, 0.15) is 12.5 Å². The van der Waals surface area contributed by atoms with Crippen molar-refractivity contribution in [2.24, 2.45) is 0 Å². The maximum absolute atomic E-state index is 11.9. The highest BCUT2D eigenvalue weighted by Gasteiger charge is 2.14. The largest absolute Gasteiger partial charge is 0.348 e. The van der Waals surface area contributed by atoms with Crippen molar-refractivity contribution in [1.82, 2.24) is 9.80 Å². The standard InChI is InChI=1S/C15H20N4O2/c1-4-19(11-15(21)18(2)3)10-14(20)17-13-7-5-12(9-16)6-8-13/h5-8H,4,10-11H2,1-3H3,(H,17,20). The van der Waals surface area contributed by atoms with Gasteiger partial charge in [-0.2, -0.15) is 5.26 Å². The van der Waals surface area contributed by atoms with Crippen LogP contribution in [0.3, 0.4) is 0 Å². The number of amides is 2. The van der Waals surface area contributed by atoms with Gasteiger partial charge in [0.25, 0.3) is 0 Å². The Morgan fingerprint density at radius 1 is 1.19 bits per heavy atom. The van der Waals surface area contributed by atoms with E-state index in [1.54, 1.807) is 43.3 Å². The lowest BCUT2D eigenvalue weighted by molar-refractivity contribution is -0.130. The number of hydrogen-bond donors (Lipinski definition) is 1. The van der Waals surface area contributed by atoms with Gasteiger partial charge in [0, 0.05) is 19.8 Å². The van der Waals surface area contributed by atoms with Crippen molar-refractivity contribution in [3.63, 3.8) is 0 Å². The van der Waals surface area contributed by atoms with Crippen molar-refractivity contribution in [3.8, 4) is 6.07 Å². The van der Waals surface area contributed by atoms with E-state index < -0.39 is 0 Å². The Balaban J connectivity index is 2.54. The highest BCUT2D eigenvalue weighted by atomic mass is 16.2. The fraction of sp³-hybridized carbons (Fsp3) is 0.400. The molecule has 0 spiro atoms. The predicted molar refractivity (Wildman–Crippen MR) is 80.6 cm³/mol. The number of likely N-dealkylation sites (N-methyl/N-ethyl adjacent to an activating group) is 2. The summed E-state index contributed by atoms with van der Waals surface area (Å²) >= 11 is 0. The van der Waals surface area contributed by atoms with Crippen molar-refractivity contribution in [1.29, 1.82) is 5.26 Å². The summed E-state index contributed by atoms with van der Waals surface area (Å²) in [6.07, 6.45) is 0. The number of hydrogen-bond acceptors (Lipinski definition) is 4. The first-order chi connectivity index (χ1) is 9.96. The Hall–Kier alpha value is -2.39. The van der Waals surface area contributed by atoms with Crippen LogP contribution in [0.15, 0.2) is 24.3 Å². The summed E-state index contributed by atoms with van der Waals surface area (Å²) in [5.74, 6) is -0.226. The molecule has 0 saturated heterocycles. The van der Waals surface area contributed by atoms with Gasteiger partial charge in [-0.1, -0.05) is 6.92 Å². The van der Waals surface area contributed by atoms with Gasteiger partial charge in [0.2, 0.25) is 11.8 Å². The van der Waals surface area contributed by atoms with E-state index in [-0.39, 0.29) is 24.9 Å². The molecule has 0 aromatic heterocycles. The van der Waals surface area contributed by atoms with Gasteiger partial charge in [0.05, 0.1) is 24.7 Å². The summed E-state index contributed by atoms with van der Waals surface area (Å²) in [7, 11) is 3.37. The molecule has 0 radical (unpaired) electrons. The van der Waals surface area contributed by atoms with Crippen LogP contribution >= 0.6 is 0 Å². The number of anilines is 1. The third kappa shape index (κ3) is 5.63. The molecule has 6 heteroatoms. The highest BCUT2D eigenvalue weighted by Crippen LogP contribution is 2.08. The molecule has 0 unspecified atom stereocenters. The average Bonchev–Trinajstić information content (AvgIpc) is 2.47. The molecule has 0 saturated carbocycles. The monoisotopic (exact) mass is 288 g/mol. The lowest BCUT2D eigenvalue weighted by Gasteiger charge is -2.21. The van der Waals surface area contributed by atoms with Gasteiger partial charge in [0.1, 0.15) is 0 Å². The van der Waals surface area contributed by atoms with Crippen molar-refractivity contribution in [2.45, 2.75) is 6.92 Å². The predicted octanol–water partition coefficient (Wildman–Crippen LogP) is 0.907. The smallest absolute Gasteiger partial charge is 0.238 e. The second kappa shape index (κ2) is 8.02. The number of rotatable bonds is 6. The molecular weight excluding hydrogens is 268 g/mol. The number of nitrogens with one attached hydrogen (secondary N) is 1. The molecule has 0 fully saturated rings. The number of nitrogens with zero attached hydrogens (tertiary/aromatic N) is 3. The van der Waals surface area contributed by atoms with E-state index in [2.05, 4.69) is 5.32 Å². The van der Waals surface area contributed by atoms with Gasteiger partial charge in [-0.3, -0.25) is 14.5 Å². The number of carbonyl (C=O) groups excluding carboxylic acids is 2. The maximum Gasteiger partial charge on any atom is 0.238 e. The Morgan fingerprint density at radius 3 is 2.29 bits per heavy atom. The first-order valence-corrected chi connectivity index (χ1v) is 6.68. The Bertz CT molecular complexity index is 532. The zero-order valence-corrected chi connectivity index (χ0v) is 12.6. The minimum absolute atomic E-state index is 0.0389. The topological polar surface area (TPSA) is 76.4 Å². The van der Waals surface area contributed by atoms with Crippen molar-refractivity contribution in [3.05, 3.63) is 29.8 Å². The molecule has 0 heterocycles. The van der Waals surface area contributed by atoms with Gasteiger partial charge in [0.15, 0.2) is 0 Å². The third-order valence-electron chi connectivity index (χ3n) is 2.97. The summed E-state index contributed by atoms with van der Waals surface area (Å²) in [5, 5.41) is 11.5. The maximum atomic E-state index is 11.9. The van der Waals surface area contributed by atoms with Crippen LogP contribution in [0.25, 0.3) is 0 Å². The number of benzene rings is 1. The fourth-order valence-electron chi connectivity index (χ4n) is 1.64. The zero-order valence-electron chi connectivity index (χ0n) is 12.6. The molecule has 0 aliphatic heterocycles. The molecule has 0 aliphatic carbocycles. The number of carbonyl (C=O) groups is 2. The first-order valence-electron chi connectivity index (χ1n) is 6.68. The molecule has 0 atom stereocenters. The first kappa shape index (κ1) is 16.7. The molecule has 1 N–H and O–H groups in total. The van der Waals surface area contributed by atoms with E-state index in [9.17, 15) is 9.59 Å². The molecular formula is C15H20N4O2. The van der Waals surface area contributed by atoms with Crippen LogP contribution < -0.4 is 5.32 Å². The lowest BCUT2D eigenvalue weighted by atomic mass is 10.2. The normalized spacial score (nSPS) is 10.0. The Labute approximate surface area is 125 Å². The van der Waals surface area contributed by atoms with Gasteiger partial charge >= 0.3 is 0 Å². The quantitative estimate of drug-likeness (QED) is 0.844. The summed E-state index contributed by atoms with van der Waals surface area (Å²) in [6, 6.07) is 8.66. The van der Waals surface area contributed by atoms with E-state index >= 15 is 0 Å². The van der Waals surface area contributed by atoms with E-state index in [1.165, 1.54) is 4.90 Å². The molecule has 2 amide bonds. The molecule has 0 bridgehead atoms. The minimum Gasteiger partial charge on any atom is -0.348 e. The van der Waals surface area contributed by atoms with Gasteiger partial charge in [-0.15, -0.1) is 0 Å². The van der Waals surface area contributed by atoms with Crippen LogP contribution in [0.2, 0.25) is 0 Å². The van der Waals surface area contributed by atoms with Crippen LogP contribution in [0.5, 0.6) is 0 Å². The summed E-state index contributed by atoms with van der Waals surface area (Å²) in [6.45, 7) is 2.87. The summed E-state index contributed by atoms with van der Waals surface area (Å²) < 4.78 is 0.